The summed E-state index contributed by atoms with van der Waals surface area (Å²) in [7, 11) is 3.71. The van der Waals surface area contributed by atoms with Crippen molar-refractivity contribution < 1.29 is 9.59 Å². The Morgan fingerprint density at radius 2 is 0.679 bits per heavy atom. The second-order valence-corrected chi connectivity index (χ2v) is 22.2. The van der Waals surface area contributed by atoms with Gasteiger partial charge in [-0.15, -0.1) is 26.3 Å². The lowest BCUT2D eigenvalue weighted by Crippen LogP contribution is -2.47. The van der Waals surface area contributed by atoms with Crippen LogP contribution < -0.4 is 0 Å². The van der Waals surface area contributed by atoms with Crippen LogP contribution >= 0.6 is 93.1 Å². The van der Waals surface area contributed by atoms with E-state index in [1.54, 1.807) is 23.5 Å². The molecule has 4 fully saturated rings. The third-order valence-electron chi connectivity index (χ3n) is 9.97. The standard InChI is InChI=1S/C38H62N8O2S8/c1-5-9-39-13-21-43(22-14-39)35(47)51-29-33(31-53-37(49)45-25-17-41(11-7-3)18-26-45)55-56-34(30-52-36(48)44-23-15-40(10-6-2)16-24-44)32-54-38(50)46-27-19-42(12-8-4)20-28-46/h5-8,33-34H,1-4,9-32H2. The molecule has 4 aliphatic heterocycles. The number of piperazine rings is 4. The van der Waals surface area contributed by atoms with E-state index in [0.717, 1.165) is 151 Å². The summed E-state index contributed by atoms with van der Waals surface area (Å²) in [4.78, 5) is 45.0. The van der Waals surface area contributed by atoms with Crippen LogP contribution in [0.15, 0.2) is 50.6 Å². The van der Waals surface area contributed by atoms with Gasteiger partial charge in [0, 0.05) is 164 Å². The van der Waals surface area contributed by atoms with Gasteiger partial charge in [-0.3, -0.25) is 29.2 Å². The zero-order valence-electron chi connectivity index (χ0n) is 32.9. The monoisotopic (exact) mass is 918 g/mol. The van der Waals surface area contributed by atoms with E-state index in [9.17, 15) is 9.59 Å². The van der Waals surface area contributed by atoms with Crippen molar-refractivity contribution >= 4 is 112 Å². The zero-order chi connectivity index (χ0) is 40.1. The molecule has 0 aromatic heterocycles. The van der Waals surface area contributed by atoms with Crippen molar-refractivity contribution in [3.05, 3.63) is 50.6 Å². The van der Waals surface area contributed by atoms with Gasteiger partial charge >= 0.3 is 0 Å². The predicted octanol–water partition coefficient (Wildman–Crippen LogP) is 6.06. The van der Waals surface area contributed by atoms with Crippen molar-refractivity contribution in [2.24, 2.45) is 0 Å². The molecule has 4 saturated heterocycles. The van der Waals surface area contributed by atoms with Gasteiger partial charge in [0.1, 0.15) is 8.64 Å². The first-order chi connectivity index (χ1) is 27.2. The van der Waals surface area contributed by atoms with E-state index in [1.165, 1.54) is 23.5 Å². The molecule has 0 aromatic rings. The molecule has 4 rings (SSSR count). The number of thiocarbonyl (C=S) groups is 2. The summed E-state index contributed by atoms with van der Waals surface area (Å²) in [6.45, 7) is 33.2. The predicted molar refractivity (Wildman–Crippen MR) is 261 cm³/mol. The van der Waals surface area contributed by atoms with Gasteiger partial charge in [0.2, 0.25) is 0 Å². The molecule has 0 N–H and O–H groups in total. The molecule has 2 unspecified atom stereocenters. The highest BCUT2D eigenvalue weighted by Crippen LogP contribution is 2.38. The smallest absolute Gasteiger partial charge is 0.281 e. The Labute approximate surface area is 373 Å². The van der Waals surface area contributed by atoms with Crippen molar-refractivity contribution in [2.45, 2.75) is 10.5 Å². The largest absolute Gasteiger partial charge is 0.355 e. The van der Waals surface area contributed by atoms with Gasteiger partial charge < -0.3 is 19.6 Å². The SMILES string of the molecule is C=CCN1CCN(C(=O)SCC(CSC(=S)N2CCN(CC=C)CC2)SSC(CSC(=O)N2CCN(CC=C)CC2)CSC(=S)N2CCN(CC=C)CC2)CC1. The van der Waals surface area contributed by atoms with E-state index in [1.807, 2.05) is 55.7 Å². The number of hydrogen-bond donors (Lipinski definition) is 0. The number of thioether (sulfide) groups is 4. The lowest BCUT2D eigenvalue weighted by atomic mass is 10.3. The molecule has 56 heavy (non-hydrogen) atoms. The van der Waals surface area contributed by atoms with E-state index >= 15 is 0 Å². The first-order valence-electron chi connectivity index (χ1n) is 19.5. The van der Waals surface area contributed by atoms with Crippen LogP contribution in [0.5, 0.6) is 0 Å². The topological polar surface area (TPSA) is 60.1 Å². The summed E-state index contributed by atoms with van der Waals surface area (Å²) in [6, 6.07) is 0. The van der Waals surface area contributed by atoms with Gasteiger partial charge in [-0.2, -0.15) is 0 Å². The summed E-state index contributed by atoms with van der Waals surface area (Å²) in [5, 5.41) is 0.698. The maximum atomic E-state index is 13.4. The van der Waals surface area contributed by atoms with E-state index < -0.39 is 0 Å². The number of amides is 2. The fourth-order valence-corrected chi connectivity index (χ4v) is 15.8. The second kappa shape index (κ2) is 27.5. The molecule has 10 nitrogen and oxygen atoms in total. The Morgan fingerprint density at radius 1 is 0.429 bits per heavy atom. The van der Waals surface area contributed by atoms with Crippen molar-refractivity contribution in [3.8, 4) is 0 Å². The number of carbonyl (C=O) groups excluding carboxylic acids is 2. The highest BCUT2D eigenvalue weighted by molar-refractivity contribution is 8.77. The van der Waals surface area contributed by atoms with Crippen LogP contribution in [0.1, 0.15) is 0 Å². The zero-order valence-corrected chi connectivity index (χ0v) is 39.5. The molecule has 0 saturated carbocycles. The number of carbonyl (C=O) groups is 2. The van der Waals surface area contributed by atoms with Crippen LogP contribution in [-0.4, -0.2) is 223 Å². The quantitative estimate of drug-likeness (QED) is 0.0857. The summed E-state index contributed by atoms with van der Waals surface area (Å²) in [5.41, 5.74) is 0. The van der Waals surface area contributed by atoms with Crippen LogP contribution in [0.25, 0.3) is 0 Å². The normalized spacial score (nSPS) is 20.4. The minimum Gasteiger partial charge on any atom is -0.355 e. The van der Waals surface area contributed by atoms with E-state index in [-0.39, 0.29) is 21.0 Å². The third kappa shape index (κ3) is 17.3. The van der Waals surface area contributed by atoms with E-state index in [2.05, 4.69) is 55.7 Å². The highest BCUT2D eigenvalue weighted by Gasteiger charge is 2.27. The number of nitrogens with zero attached hydrogens (tertiary/aromatic N) is 8. The van der Waals surface area contributed by atoms with Gasteiger partial charge in [0.05, 0.1) is 0 Å². The molecule has 0 spiro atoms. The molecule has 2 amide bonds. The van der Waals surface area contributed by atoms with Gasteiger partial charge in [-0.25, -0.2) is 0 Å². The maximum absolute atomic E-state index is 13.4. The Bertz CT molecular complexity index is 1100. The summed E-state index contributed by atoms with van der Waals surface area (Å²) < 4.78 is 1.88. The Hall–Kier alpha value is -0.380. The average Bonchev–Trinajstić information content (AvgIpc) is 3.22. The molecule has 0 aliphatic carbocycles. The molecular weight excluding hydrogens is 857 g/mol. The van der Waals surface area contributed by atoms with Gasteiger partial charge in [-0.1, -0.05) is 117 Å². The molecule has 0 radical (unpaired) electrons. The van der Waals surface area contributed by atoms with Crippen LogP contribution in [0, 0.1) is 0 Å². The molecule has 314 valence electrons. The molecule has 0 bridgehead atoms. The number of hydrogen-bond acceptors (Lipinski definition) is 14. The lowest BCUT2D eigenvalue weighted by Gasteiger charge is -2.36. The third-order valence-corrected chi connectivity index (χ3v) is 19.6. The fourth-order valence-electron chi connectivity index (χ4n) is 6.57. The van der Waals surface area contributed by atoms with Crippen LogP contribution in [0.4, 0.5) is 9.59 Å². The molecule has 4 aliphatic rings. The van der Waals surface area contributed by atoms with Crippen molar-refractivity contribution in [1.82, 2.24) is 39.2 Å². The summed E-state index contributed by atoms with van der Waals surface area (Å²) in [6.07, 6.45) is 7.79. The Morgan fingerprint density at radius 3 is 0.946 bits per heavy atom. The summed E-state index contributed by atoms with van der Waals surface area (Å²) in [5.74, 6) is 3.07. The maximum Gasteiger partial charge on any atom is 0.281 e. The molecule has 4 heterocycles. The average molecular weight is 920 g/mol. The van der Waals surface area contributed by atoms with Crippen LogP contribution in [-0.2, 0) is 0 Å². The van der Waals surface area contributed by atoms with E-state index in [0.29, 0.717) is 11.5 Å². The first kappa shape index (κ1) is 48.3. The molecule has 0 aromatic carbocycles. The van der Waals surface area contributed by atoms with Crippen molar-refractivity contribution in [3.63, 3.8) is 0 Å². The van der Waals surface area contributed by atoms with Gasteiger partial charge in [0.25, 0.3) is 10.5 Å². The van der Waals surface area contributed by atoms with Crippen LogP contribution in [0.2, 0.25) is 0 Å². The van der Waals surface area contributed by atoms with E-state index in [4.69, 9.17) is 24.4 Å². The molecule has 2 atom stereocenters. The fraction of sp³-hybridized carbons (Fsp3) is 0.684. The molecule has 18 heteroatoms. The second-order valence-electron chi connectivity index (χ2n) is 14.0. The minimum atomic E-state index is 0.157. The van der Waals surface area contributed by atoms with Crippen LogP contribution in [0.3, 0.4) is 0 Å². The van der Waals surface area contributed by atoms with Crippen molar-refractivity contribution in [2.75, 3.05) is 154 Å². The summed E-state index contributed by atoms with van der Waals surface area (Å²) >= 11 is 18.3. The number of rotatable bonds is 19. The highest BCUT2D eigenvalue weighted by atomic mass is 33.1. The van der Waals surface area contributed by atoms with Gasteiger partial charge in [-0.05, 0) is 0 Å². The Balaban J connectivity index is 1.36. The Kier molecular flexibility index (Phi) is 23.7. The first-order valence-corrected chi connectivity index (χ1v) is 26.6. The minimum absolute atomic E-state index is 0.157. The lowest BCUT2D eigenvalue weighted by molar-refractivity contribution is 0.163. The van der Waals surface area contributed by atoms with Gasteiger partial charge in [0.15, 0.2) is 0 Å². The van der Waals surface area contributed by atoms with Crippen molar-refractivity contribution in [1.29, 1.82) is 0 Å². The molecular formula is C38H62N8O2S8.